The monoisotopic (exact) mass is 274 g/mol. The minimum atomic E-state index is -0.594. The highest BCUT2D eigenvalue weighted by atomic mass is 19.1. The predicted molar refractivity (Wildman–Crippen MR) is 72.6 cm³/mol. The van der Waals surface area contributed by atoms with Crippen LogP contribution in [0.3, 0.4) is 0 Å². The van der Waals surface area contributed by atoms with E-state index in [1.165, 1.54) is 31.4 Å². The van der Waals surface area contributed by atoms with Gasteiger partial charge in [-0.2, -0.15) is 4.39 Å². The number of aromatic nitrogens is 1. The molecule has 1 aromatic rings. The molecule has 4 bridgehead atoms. The summed E-state index contributed by atoms with van der Waals surface area (Å²) < 4.78 is 13.1. The van der Waals surface area contributed by atoms with Gasteiger partial charge in [-0.3, -0.25) is 4.79 Å². The first-order valence-corrected chi connectivity index (χ1v) is 7.57. The van der Waals surface area contributed by atoms with Crippen molar-refractivity contribution in [3.63, 3.8) is 0 Å². The van der Waals surface area contributed by atoms with Crippen LogP contribution in [0.2, 0.25) is 0 Å². The Bertz CT molecular complexity index is 522. The van der Waals surface area contributed by atoms with Gasteiger partial charge < -0.3 is 5.32 Å². The zero-order chi connectivity index (χ0) is 13.7. The number of amides is 1. The van der Waals surface area contributed by atoms with Gasteiger partial charge in [-0.25, -0.2) is 4.98 Å². The Morgan fingerprint density at radius 1 is 1.15 bits per heavy atom. The Kier molecular flexibility index (Phi) is 2.63. The molecule has 0 spiro atoms. The van der Waals surface area contributed by atoms with Crippen molar-refractivity contribution in [3.05, 3.63) is 29.8 Å². The van der Waals surface area contributed by atoms with E-state index < -0.39 is 5.95 Å². The highest BCUT2D eigenvalue weighted by Crippen LogP contribution is 2.55. The molecule has 1 heterocycles. The van der Waals surface area contributed by atoms with Crippen molar-refractivity contribution in [1.82, 2.24) is 10.3 Å². The maximum absolute atomic E-state index is 13.1. The minimum Gasteiger partial charge on any atom is -0.345 e. The van der Waals surface area contributed by atoms with Crippen LogP contribution in [0.25, 0.3) is 0 Å². The summed E-state index contributed by atoms with van der Waals surface area (Å²) in [5.41, 5.74) is 0.153. The third-order valence-corrected chi connectivity index (χ3v) is 5.36. The molecular formula is C16H19FN2O. The number of halogens is 1. The van der Waals surface area contributed by atoms with Gasteiger partial charge in [0, 0.05) is 5.54 Å². The van der Waals surface area contributed by atoms with Crippen LogP contribution in [0.15, 0.2) is 18.2 Å². The lowest BCUT2D eigenvalue weighted by Gasteiger charge is -2.56. The molecule has 4 aliphatic rings. The van der Waals surface area contributed by atoms with E-state index in [4.69, 9.17) is 0 Å². The molecule has 0 unspecified atom stereocenters. The molecule has 4 aliphatic carbocycles. The van der Waals surface area contributed by atoms with Crippen molar-refractivity contribution in [3.8, 4) is 0 Å². The molecule has 0 saturated heterocycles. The largest absolute Gasteiger partial charge is 0.345 e. The Labute approximate surface area is 118 Å². The van der Waals surface area contributed by atoms with Crippen LogP contribution in [0.4, 0.5) is 4.39 Å². The van der Waals surface area contributed by atoms with Crippen LogP contribution >= 0.6 is 0 Å². The number of rotatable bonds is 2. The molecule has 0 atom stereocenters. The Hall–Kier alpha value is -1.45. The number of hydrogen-bond acceptors (Lipinski definition) is 2. The molecule has 1 N–H and O–H groups in total. The van der Waals surface area contributed by atoms with Gasteiger partial charge in [0.15, 0.2) is 0 Å². The highest BCUT2D eigenvalue weighted by molar-refractivity contribution is 5.92. The summed E-state index contributed by atoms with van der Waals surface area (Å²) in [6.45, 7) is 0. The van der Waals surface area contributed by atoms with E-state index in [9.17, 15) is 9.18 Å². The van der Waals surface area contributed by atoms with Crippen molar-refractivity contribution in [1.29, 1.82) is 0 Å². The normalized spacial score (nSPS) is 38.0. The molecule has 0 aromatic carbocycles. The molecule has 4 fully saturated rings. The standard InChI is InChI=1S/C16H19FN2O/c17-14-3-1-2-13(18-14)15(20)19-16-7-10-4-11(8-16)6-12(5-10)9-16/h1-3,10-12H,4-9H2,(H,19,20). The maximum atomic E-state index is 13.1. The number of hydrogen-bond donors (Lipinski definition) is 1. The summed E-state index contributed by atoms with van der Waals surface area (Å²) in [7, 11) is 0. The topological polar surface area (TPSA) is 42.0 Å². The Morgan fingerprint density at radius 3 is 2.30 bits per heavy atom. The summed E-state index contributed by atoms with van der Waals surface area (Å²) in [6.07, 6.45) is 7.31. The third-order valence-electron chi connectivity index (χ3n) is 5.36. The quantitative estimate of drug-likeness (QED) is 0.843. The average molecular weight is 274 g/mol. The van der Waals surface area contributed by atoms with E-state index in [2.05, 4.69) is 10.3 Å². The van der Waals surface area contributed by atoms with Gasteiger partial charge in [0.2, 0.25) is 5.95 Å². The molecule has 106 valence electrons. The molecule has 0 aliphatic heterocycles. The highest BCUT2D eigenvalue weighted by Gasteiger charge is 2.51. The fourth-order valence-electron chi connectivity index (χ4n) is 5.10. The van der Waals surface area contributed by atoms with E-state index in [0.29, 0.717) is 0 Å². The molecule has 1 amide bonds. The summed E-state index contributed by atoms with van der Waals surface area (Å²) in [6, 6.07) is 4.39. The molecule has 5 rings (SSSR count). The number of pyridine rings is 1. The first-order chi connectivity index (χ1) is 9.62. The van der Waals surface area contributed by atoms with Crippen LogP contribution in [-0.4, -0.2) is 16.4 Å². The second-order valence-electron chi connectivity index (χ2n) is 7.00. The van der Waals surface area contributed by atoms with E-state index >= 15 is 0 Å². The predicted octanol–water partition coefficient (Wildman–Crippen LogP) is 2.92. The van der Waals surface area contributed by atoms with Crippen molar-refractivity contribution < 1.29 is 9.18 Å². The smallest absolute Gasteiger partial charge is 0.270 e. The number of carbonyl (C=O) groups excluding carboxylic acids is 1. The van der Waals surface area contributed by atoms with Crippen molar-refractivity contribution >= 4 is 5.91 Å². The van der Waals surface area contributed by atoms with Crippen LogP contribution in [0, 0.1) is 23.7 Å². The lowest BCUT2D eigenvalue weighted by molar-refractivity contribution is -0.0168. The molecule has 4 saturated carbocycles. The summed E-state index contributed by atoms with van der Waals surface area (Å²) >= 11 is 0. The average Bonchev–Trinajstić information content (AvgIpc) is 2.36. The van der Waals surface area contributed by atoms with Crippen molar-refractivity contribution in [2.24, 2.45) is 17.8 Å². The van der Waals surface area contributed by atoms with E-state index in [0.717, 1.165) is 37.0 Å². The Balaban J connectivity index is 1.55. The van der Waals surface area contributed by atoms with Gasteiger partial charge in [0.1, 0.15) is 5.69 Å². The van der Waals surface area contributed by atoms with Gasteiger partial charge in [-0.05, 0) is 68.4 Å². The number of nitrogens with one attached hydrogen (secondary N) is 1. The molecule has 3 nitrogen and oxygen atoms in total. The number of nitrogens with zero attached hydrogens (tertiary/aromatic N) is 1. The first-order valence-electron chi connectivity index (χ1n) is 7.57. The van der Waals surface area contributed by atoms with Gasteiger partial charge in [-0.15, -0.1) is 0 Å². The number of carbonyl (C=O) groups is 1. The molecule has 4 heteroatoms. The SMILES string of the molecule is O=C(NC12CC3CC(CC(C3)C1)C2)c1cccc(F)n1. The summed E-state index contributed by atoms with van der Waals surface area (Å²) in [4.78, 5) is 16.0. The van der Waals surface area contributed by atoms with Crippen LogP contribution < -0.4 is 5.32 Å². The van der Waals surface area contributed by atoms with Gasteiger partial charge in [0.05, 0.1) is 0 Å². The second-order valence-corrected chi connectivity index (χ2v) is 7.00. The fraction of sp³-hybridized carbons (Fsp3) is 0.625. The van der Waals surface area contributed by atoms with Gasteiger partial charge in [0.25, 0.3) is 5.91 Å². The third kappa shape index (κ3) is 2.02. The lowest BCUT2D eigenvalue weighted by atomic mass is 9.53. The zero-order valence-electron chi connectivity index (χ0n) is 11.4. The first kappa shape index (κ1) is 12.3. The molecule has 0 radical (unpaired) electrons. The van der Waals surface area contributed by atoms with Gasteiger partial charge >= 0.3 is 0 Å². The van der Waals surface area contributed by atoms with E-state index in [1.807, 2.05) is 0 Å². The van der Waals surface area contributed by atoms with Crippen LogP contribution in [0.1, 0.15) is 49.0 Å². The van der Waals surface area contributed by atoms with Gasteiger partial charge in [-0.1, -0.05) is 6.07 Å². The maximum Gasteiger partial charge on any atom is 0.270 e. The summed E-state index contributed by atoms with van der Waals surface area (Å²) in [5.74, 6) is 1.53. The van der Waals surface area contributed by atoms with Crippen molar-refractivity contribution in [2.75, 3.05) is 0 Å². The van der Waals surface area contributed by atoms with E-state index in [-0.39, 0.29) is 17.1 Å². The zero-order valence-corrected chi connectivity index (χ0v) is 11.4. The molecule has 1 aromatic heterocycles. The lowest BCUT2D eigenvalue weighted by Crippen LogP contribution is -2.59. The fourth-order valence-corrected chi connectivity index (χ4v) is 5.10. The molecule has 20 heavy (non-hydrogen) atoms. The van der Waals surface area contributed by atoms with Crippen LogP contribution in [0.5, 0.6) is 0 Å². The second kappa shape index (κ2) is 4.27. The molecular weight excluding hydrogens is 255 g/mol. The minimum absolute atomic E-state index is 0.0418. The Morgan fingerprint density at radius 2 is 1.75 bits per heavy atom. The van der Waals surface area contributed by atoms with Crippen molar-refractivity contribution in [2.45, 2.75) is 44.1 Å². The van der Waals surface area contributed by atoms with E-state index in [1.54, 1.807) is 6.07 Å². The van der Waals surface area contributed by atoms with Crippen LogP contribution in [-0.2, 0) is 0 Å². The summed E-state index contributed by atoms with van der Waals surface area (Å²) in [5, 5.41) is 3.20.